The fourth-order valence-electron chi connectivity index (χ4n) is 2.07. The summed E-state index contributed by atoms with van der Waals surface area (Å²) in [5, 5.41) is 1.05. The Bertz CT molecular complexity index is 391. The minimum absolute atomic E-state index is 0.305. The third-order valence-electron chi connectivity index (χ3n) is 3.15. The van der Waals surface area contributed by atoms with Crippen LogP contribution in [0.15, 0.2) is 30.3 Å². The summed E-state index contributed by atoms with van der Waals surface area (Å²) in [5.74, 6) is 0. The summed E-state index contributed by atoms with van der Waals surface area (Å²) in [6, 6.07) is 10.2. The molecule has 0 aliphatic heterocycles. The normalized spacial score (nSPS) is 12.6. The first-order valence-corrected chi connectivity index (χ1v) is 10.2. The van der Waals surface area contributed by atoms with Gasteiger partial charge in [0, 0.05) is 18.4 Å². The molecule has 0 N–H and O–H groups in total. The van der Waals surface area contributed by atoms with Gasteiger partial charge >= 0.3 is 8.80 Å². The molecule has 1 aromatic carbocycles. The first kappa shape index (κ1) is 19.4. The Labute approximate surface area is 137 Å². The molecule has 126 valence electrons. The maximum atomic E-state index is 6.40. The molecule has 0 amide bonds. The second-order valence-corrected chi connectivity index (χ2v) is 9.01. The Hall–Kier alpha value is -0.683. The molecule has 0 aromatic heterocycles. The van der Waals surface area contributed by atoms with E-state index in [2.05, 4.69) is 46.8 Å². The van der Waals surface area contributed by atoms with E-state index >= 15 is 0 Å². The first-order valence-electron chi connectivity index (χ1n) is 8.47. The zero-order chi connectivity index (χ0) is 16.5. The van der Waals surface area contributed by atoms with E-state index < -0.39 is 8.80 Å². The third-order valence-corrected chi connectivity index (χ3v) is 6.24. The Morgan fingerprint density at radius 3 is 1.77 bits per heavy atom. The lowest BCUT2D eigenvalue weighted by Gasteiger charge is -2.36. The van der Waals surface area contributed by atoms with Crippen LogP contribution >= 0.6 is 0 Å². The van der Waals surface area contributed by atoms with Crippen LogP contribution < -0.4 is 5.19 Å². The van der Waals surface area contributed by atoms with Gasteiger partial charge in [0.2, 0.25) is 0 Å². The van der Waals surface area contributed by atoms with E-state index in [4.69, 9.17) is 13.3 Å². The molecule has 22 heavy (non-hydrogen) atoms. The Balaban J connectivity index is 3.04. The van der Waals surface area contributed by atoms with E-state index in [9.17, 15) is 0 Å². The zero-order valence-electron chi connectivity index (χ0n) is 14.9. The molecule has 0 bridgehead atoms. The van der Waals surface area contributed by atoms with Gasteiger partial charge in [-0.2, -0.15) is 0 Å². The van der Waals surface area contributed by atoms with Crippen LogP contribution in [0.2, 0.25) is 0 Å². The quantitative estimate of drug-likeness (QED) is 0.475. The molecule has 0 spiro atoms. The predicted molar refractivity (Wildman–Crippen MR) is 94.4 cm³/mol. The Kier molecular flexibility index (Phi) is 8.32. The molecule has 0 unspecified atom stereocenters. The number of benzene rings is 1. The monoisotopic (exact) mass is 324 g/mol. The van der Waals surface area contributed by atoms with E-state index in [0.717, 1.165) is 30.9 Å². The number of hydrogen-bond acceptors (Lipinski definition) is 3. The van der Waals surface area contributed by atoms with Crippen LogP contribution in [0.3, 0.4) is 0 Å². The highest BCUT2D eigenvalue weighted by molar-refractivity contribution is 6.75. The van der Waals surface area contributed by atoms with Gasteiger partial charge in [-0.15, -0.1) is 0 Å². The molecule has 0 saturated heterocycles. The van der Waals surface area contributed by atoms with Crippen molar-refractivity contribution >= 4 is 14.0 Å². The minimum atomic E-state index is -2.88. The van der Waals surface area contributed by atoms with E-state index in [1.807, 2.05) is 18.2 Å². The molecular formula is C18H32O3Si. The van der Waals surface area contributed by atoms with E-state index in [1.54, 1.807) is 0 Å². The van der Waals surface area contributed by atoms with Crippen molar-refractivity contribution in [1.29, 1.82) is 0 Å². The van der Waals surface area contributed by atoms with Crippen molar-refractivity contribution in [1.82, 2.24) is 0 Å². The standard InChI is InChI=1S/C18H32O3Si/c1-6-8-15-19-22(20-16-9-7-2,21-18(3,4)5)17-13-11-10-12-14-17/h10-14H,6-9,15-16H2,1-5H3. The van der Waals surface area contributed by atoms with Crippen LogP contribution in [-0.4, -0.2) is 27.6 Å². The molecule has 0 radical (unpaired) electrons. The van der Waals surface area contributed by atoms with Crippen LogP contribution in [-0.2, 0) is 13.3 Å². The number of rotatable bonds is 10. The highest BCUT2D eigenvalue weighted by Crippen LogP contribution is 2.20. The second kappa shape index (κ2) is 9.45. The van der Waals surface area contributed by atoms with Crippen molar-refractivity contribution in [3.05, 3.63) is 30.3 Å². The molecule has 1 aromatic rings. The average Bonchev–Trinajstić information content (AvgIpc) is 2.47. The van der Waals surface area contributed by atoms with Gasteiger partial charge in [-0.3, -0.25) is 0 Å². The van der Waals surface area contributed by atoms with Crippen molar-refractivity contribution in [2.75, 3.05) is 13.2 Å². The summed E-state index contributed by atoms with van der Waals surface area (Å²) in [6.45, 7) is 11.9. The molecule has 0 fully saturated rings. The summed E-state index contributed by atoms with van der Waals surface area (Å²) < 4.78 is 18.9. The lowest BCUT2D eigenvalue weighted by atomic mass is 10.2. The first-order chi connectivity index (χ1) is 10.4. The van der Waals surface area contributed by atoms with Gasteiger partial charge in [0.1, 0.15) is 0 Å². The van der Waals surface area contributed by atoms with Crippen molar-refractivity contribution in [3.63, 3.8) is 0 Å². The highest BCUT2D eigenvalue weighted by atomic mass is 28.4. The molecule has 0 heterocycles. The smallest absolute Gasteiger partial charge is 0.370 e. The SMILES string of the molecule is CCCCO[Si](OCCCC)(OC(C)(C)C)c1ccccc1. The summed E-state index contributed by atoms with van der Waals surface area (Å²) in [6.07, 6.45) is 4.24. The van der Waals surface area contributed by atoms with Crippen LogP contribution in [0, 0.1) is 0 Å². The van der Waals surface area contributed by atoms with Gasteiger partial charge in [-0.25, -0.2) is 0 Å². The fraction of sp³-hybridized carbons (Fsp3) is 0.667. The van der Waals surface area contributed by atoms with Gasteiger partial charge in [-0.05, 0) is 33.6 Å². The van der Waals surface area contributed by atoms with Crippen LogP contribution in [0.25, 0.3) is 0 Å². The summed E-state index contributed by atoms with van der Waals surface area (Å²) in [7, 11) is -2.88. The summed E-state index contributed by atoms with van der Waals surface area (Å²) >= 11 is 0. The summed E-state index contributed by atoms with van der Waals surface area (Å²) in [4.78, 5) is 0. The topological polar surface area (TPSA) is 27.7 Å². The van der Waals surface area contributed by atoms with Gasteiger partial charge in [0.05, 0.1) is 5.60 Å². The maximum absolute atomic E-state index is 6.40. The average molecular weight is 325 g/mol. The van der Waals surface area contributed by atoms with Crippen molar-refractivity contribution in [2.45, 2.75) is 65.9 Å². The van der Waals surface area contributed by atoms with Gasteiger partial charge in [-0.1, -0.05) is 57.0 Å². The van der Waals surface area contributed by atoms with Gasteiger partial charge in [0.25, 0.3) is 0 Å². The fourth-order valence-corrected chi connectivity index (χ4v) is 4.96. The van der Waals surface area contributed by atoms with Gasteiger partial charge in [0.15, 0.2) is 0 Å². The number of hydrogen-bond donors (Lipinski definition) is 0. The van der Waals surface area contributed by atoms with Gasteiger partial charge < -0.3 is 13.3 Å². The lowest BCUT2D eigenvalue weighted by Crippen LogP contribution is -2.60. The van der Waals surface area contributed by atoms with Crippen LogP contribution in [0.1, 0.15) is 60.3 Å². The Morgan fingerprint density at radius 2 is 1.36 bits per heavy atom. The second-order valence-electron chi connectivity index (χ2n) is 6.54. The molecule has 3 nitrogen and oxygen atoms in total. The molecule has 0 saturated carbocycles. The summed E-state index contributed by atoms with van der Waals surface area (Å²) in [5.41, 5.74) is -0.305. The largest absolute Gasteiger partial charge is 0.537 e. The minimum Gasteiger partial charge on any atom is -0.370 e. The van der Waals surface area contributed by atoms with Crippen LogP contribution in [0.5, 0.6) is 0 Å². The molecule has 0 aliphatic carbocycles. The van der Waals surface area contributed by atoms with Crippen LogP contribution in [0.4, 0.5) is 0 Å². The predicted octanol–water partition coefficient (Wildman–Crippen LogP) is 4.28. The van der Waals surface area contributed by atoms with E-state index in [-0.39, 0.29) is 5.60 Å². The molecule has 4 heteroatoms. The third kappa shape index (κ3) is 6.61. The Morgan fingerprint density at radius 1 is 0.864 bits per heavy atom. The van der Waals surface area contributed by atoms with Crippen molar-refractivity contribution in [2.24, 2.45) is 0 Å². The van der Waals surface area contributed by atoms with E-state index in [1.165, 1.54) is 0 Å². The zero-order valence-corrected chi connectivity index (χ0v) is 15.9. The molecule has 1 rings (SSSR count). The lowest BCUT2D eigenvalue weighted by molar-refractivity contribution is 0.00509. The van der Waals surface area contributed by atoms with Crippen molar-refractivity contribution in [3.8, 4) is 0 Å². The molecule has 0 atom stereocenters. The maximum Gasteiger partial charge on any atom is 0.537 e. The molecular weight excluding hydrogens is 292 g/mol. The number of unbranched alkanes of at least 4 members (excludes halogenated alkanes) is 2. The van der Waals surface area contributed by atoms with E-state index in [0.29, 0.717) is 13.2 Å². The molecule has 0 aliphatic rings. The van der Waals surface area contributed by atoms with Crippen molar-refractivity contribution < 1.29 is 13.3 Å². The highest BCUT2D eigenvalue weighted by Gasteiger charge is 2.46.